The van der Waals surface area contributed by atoms with Crippen LogP contribution in [-0.4, -0.2) is 49.1 Å². The molecule has 1 amide bonds. The van der Waals surface area contributed by atoms with Crippen molar-refractivity contribution >= 4 is 45.9 Å². The molecule has 1 aliphatic carbocycles. The van der Waals surface area contributed by atoms with Crippen LogP contribution in [0.2, 0.25) is 0 Å². The number of hydrogen-bond donors (Lipinski definition) is 1. The number of aliphatic imine (C=N–C) groups is 1. The molecule has 2 aliphatic rings. The van der Waals surface area contributed by atoms with Crippen LogP contribution in [0.1, 0.15) is 36.0 Å². The number of nitrogens with zero attached hydrogens (tertiary/aromatic N) is 5. The maximum atomic E-state index is 12.8. The predicted octanol–water partition coefficient (Wildman–Crippen LogP) is 6.57. The Bertz CT molecular complexity index is 1740. The van der Waals surface area contributed by atoms with Gasteiger partial charge in [-0.05, 0) is 79.0 Å². The molecule has 226 valence electrons. The van der Waals surface area contributed by atoms with E-state index >= 15 is 0 Å². The van der Waals surface area contributed by atoms with Gasteiger partial charge in [0.15, 0.2) is 16.1 Å². The third kappa shape index (κ3) is 6.63. The number of nitrogens with one attached hydrogen (secondary N) is 1. The molecule has 1 aromatic heterocycles. The Balaban J connectivity index is 1.08. The zero-order valence-electron chi connectivity index (χ0n) is 23.7. The number of carbonyl (C=O) groups is 1. The normalized spacial score (nSPS) is 19.0. The lowest BCUT2D eigenvalue weighted by molar-refractivity contribution is -0.274. The molecular formula is C31H27F3N6O2S2. The number of aryl methyl sites for hydroxylation is 2. The van der Waals surface area contributed by atoms with Gasteiger partial charge in [0.05, 0.1) is 17.1 Å². The summed E-state index contributed by atoms with van der Waals surface area (Å²) in [7, 11) is 0. The molecule has 2 atom stereocenters. The molecular weight excluding hydrogens is 610 g/mol. The summed E-state index contributed by atoms with van der Waals surface area (Å²) in [6.45, 7) is 4.07. The largest absolute Gasteiger partial charge is 0.573 e. The standard InChI is InChI=1S/C31H27F3N6O2S2/c1-3-19-5-4-18(2)14-26(19)40-27(41)16-44-30(40)37-29(43)36-25-15-24(25)20-6-8-21(9-7-20)28-35-17-39(38-28)22-10-12-23(13-11-22)42-31(32,33)34/h4-14,17,24-25H,3,15-16H2,1-2H3,(H,36,43)/b37-30-. The first-order valence-electron chi connectivity index (χ1n) is 13.9. The smallest absolute Gasteiger partial charge is 0.406 e. The van der Waals surface area contributed by atoms with Crippen LogP contribution < -0.4 is 15.0 Å². The molecule has 2 heterocycles. The Morgan fingerprint density at radius 3 is 2.59 bits per heavy atom. The Kier molecular flexibility index (Phi) is 8.16. The van der Waals surface area contributed by atoms with Crippen LogP contribution in [-0.2, 0) is 11.2 Å². The molecule has 4 aromatic rings. The maximum absolute atomic E-state index is 12.8. The fraction of sp³-hybridized carbons (Fsp3) is 0.258. The number of halogens is 3. The number of thioether (sulfide) groups is 1. The van der Waals surface area contributed by atoms with Crippen molar-refractivity contribution in [3.05, 3.63) is 89.7 Å². The van der Waals surface area contributed by atoms with Crippen molar-refractivity contribution in [2.75, 3.05) is 10.7 Å². The number of hydrogen-bond acceptors (Lipinski definition) is 6. The van der Waals surface area contributed by atoms with Gasteiger partial charge in [0.1, 0.15) is 12.1 Å². The first-order chi connectivity index (χ1) is 21.1. The molecule has 0 spiro atoms. The highest BCUT2D eigenvalue weighted by molar-refractivity contribution is 8.15. The molecule has 2 fully saturated rings. The first kappa shape index (κ1) is 29.8. The SMILES string of the molecule is CCc1ccc(C)cc1N1C(=O)CS/C1=N\C(=S)NC1CC1c1ccc(-c2ncn(-c3ccc(OC(F)(F)F)cc3)n2)cc1. The van der Waals surface area contributed by atoms with Gasteiger partial charge in [-0.1, -0.05) is 55.1 Å². The highest BCUT2D eigenvalue weighted by atomic mass is 32.2. The fourth-order valence-electron chi connectivity index (χ4n) is 5.06. The quantitative estimate of drug-likeness (QED) is 0.230. The van der Waals surface area contributed by atoms with E-state index in [0.717, 1.165) is 40.8 Å². The third-order valence-electron chi connectivity index (χ3n) is 7.35. The molecule has 0 radical (unpaired) electrons. The van der Waals surface area contributed by atoms with Crippen LogP contribution >= 0.6 is 24.0 Å². The highest BCUT2D eigenvalue weighted by Gasteiger charge is 2.39. The Morgan fingerprint density at radius 2 is 1.89 bits per heavy atom. The van der Waals surface area contributed by atoms with Gasteiger partial charge in [-0.15, -0.1) is 18.3 Å². The number of ether oxygens (including phenoxy) is 1. The van der Waals surface area contributed by atoms with Crippen molar-refractivity contribution in [3.63, 3.8) is 0 Å². The van der Waals surface area contributed by atoms with Gasteiger partial charge in [0.2, 0.25) is 5.91 Å². The molecule has 1 N–H and O–H groups in total. The summed E-state index contributed by atoms with van der Waals surface area (Å²) < 4.78 is 42.7. The molecule has 2 unspecified atom stereocenters. The summed E-state index contributed by atoms with van der Waals surface area (Å²) in [6, 6.07) is 19.6. The van der Waals surface area contributed by atoms with Crippen molar-refractivity contribution in [1.82, 2.24) is 20.1 Å². The van der Waals surface area contributed by atoms with Crippen molar-refractivity contribution in [3.8, 4) is 22.8 Å². The number of anilines is 1. The predicted molar refractivity (Wildman–Crippen MR) is 168 cm³/mol. The first-order valence-corrected chi connectivity index (χ1v) is 15.3. The van der Waals surface area contributed by atoms with E-state index in [0.29, 0.717) is 27.5 Å². The van der Waals surface area contributed by atoms with Crippen LogP contribution in [0.3, 0.4) is 0 Å². The van der Waals surface area contributed by atoms with Crippen LogP contribution in [0.5, 0.6) is 5.75 Å². The van der Waals surface area contributed by atoms with Gasteiger partial charge in [-0.3, -0.25) is 9.69 Å². The second kappa shape index (κ2) is 12.0. The number of amidine groups is 1. The van der Waals surface area contributed by atoms with E-state index < -0.39 is 6.36 Å². The number of aromatic nitrogens is 3. The molecule has 13 heteroatoms. The van der Waals surface area contributed by atoms with E-state index in [1.165, 1.54) is 47.0 Å². The van der Waals surface area contributed by atoms with E-state index in [1.54, 1.807) is 4.90 Å². The van der Waals surface area contributed by atoms with Crippen molar-refractivity contribution < 1.29 is 22.7 Å². The van der Waals surface area contributed by atoms with Gasteiger partial charge in [-0.2, -0.15) is 4.99 Å². The average molecular weight is 637 g/mol. The van der Waals surface area contributed by atoms with Gasteiger partial charge in [-0.25, -0.2) is 9.67 Å². The maximum Gasteiger partial charge on any atom is 0.573 e. The van der Waals surface area contributed by atoms with Crippen molar-refractivity contribution in [1.29, 1.82) is 0 Å². The van der Waals surface area contributed by atoms with E-state index in [4.69, 9.17) is 12.2 Å². The lowest BCUT2D eigenvalue weighted by Crippen LogP contribution is -2.32. The van der Waals surface area contributed by atoms with Crippen molar-refractivity contribution in [2.45, 2.75) is 45.0 Å². The Labute approximate surface area is 261 Å². The minimum Gasteiger partial charge on any atom is -0.406 e. The summed E-state index contributed by atoms with van der Waals surface area (Å²) in [5.74, 6) is 0.771. The minimum atomic E-state index is -4.75. The van der Waals surface area contributed by atoms with Crippen molar-refractivity contribution in [2.24, 2.45) is 4.99 Å². The second-order valence-corrected chi connectivity index (χ2v) is 11.8. The molecule has 1 saturated carbocycles. The number of carbonyl (C=O) groups excluding carboxylic acids is 1. The lowest BCUT2D eigenvalue weighted by atomic mass is 10.1. The average Bonchev–Trinajstić information content (AvgIpc) is 3.39. The summed E-state index contributed by atoms with van der Waals surface area (Å²) in [5.41, 5.74) is 5.52. The van der Waals surface area contributed by atoms with Gasteiger partial charge in [0, 0.05) is 17.5 Å². The lowest BCUT2D eigenvalue weighted by Gasteiger charge is -2.20. The molecule has 0 bridgehead atoms. The molecule has 8 nitrogen and oxygen atoms in total. The molecule has 1 aliphatic heterocycles. The zero-order chi connectivity index (χ0) is 31.0. The topological polar surface area (TPSA) is 84.6 Å². The van der Waals surface area contributed by atoms with Crippen LogP contribution in [0.4, 0.5) is 18.9 Å². The summed E-state index contributed by atoms with van der Waals surface area (Å²) >= 11 is 6.96. The van der Waals surface area contributed by atoms with Crippen LogP contribution in [0.25, 0.3) is 17.1 Å². The molecule has 44 heavy (non-hydrogen) atoms. The van der Waals surface area contributed by atoms with E-state index in [2.05, 4.69) is 38.1 Å². The Hall–Kier alpha value is -4.23. The van der Waals surface area contributed by atoms with Gasteiger partial charge >= 0.3 is 6.36 Å². The minimum absolute atomic E-state index is 0.00556. The van der Waals surface area contributed by atoms with E-state index in [-0.39, 0.29) is 23.6 Å². The van der Waals surface area contributed by atoms with Gasteiger partial charge in [0.25, 0.3) is 0 Å². The van der Waals surface area contributed by atoms with Gasteiger partial charge < -0.3 is 10.1 Å². The molecule has 1 saturated heterocycles. The summed E-state index contributed by atoms with van der Waals surface area (Å²) in [4.78, 5) is 23.4. The molecule has 6 rings (SSSR count). The molecule has 3 aromatic carbocycles. The third-order valence-corrected chi connectivity index (χ3v) is 8.48. The number of rotatable bonds is 7. The number of thiocarbonyl (C=S) groups is 1. The van der Waals surface area contributed by atoms with Crippen LogP contribution in [0, 0.1) is 6.92 Å². The highest BCUT2D eigenvalue weighted by Crippen LogP contribution is 2.41. The fourth-order valence-corrected chi connectivity index (χ4v) is 6.23. The number of alkyl halides is 3. The zero-order valence-corrected chi connectivity index (χ0v) is 25.3. The second-order valence-electron chi connectivity index (χ2n) is 10.5. The Morgan fingerprint density at radius 1 is 1.14 bits per heavy atom. The summed E-state index contributed by atoms with van der Waals surface area (Å²) in [5, 5.41) is 8.75. The summed E-state index contributed by atoms with van der Waals surface area (Å²) in [6.07, 6.45) is -1.53. The number of benzene rings is 3. The van der Waals surface area contributed by atoms with E-state index in [9.17, 15) is 18.0 Å². The number of amides is 1. The van der Waals surface area contributed by atoms with E-state index in [1.807, 2.05) is 43.3 Å². The monoisotopic (exact) mass is 636 g/mol. The van der Waals surface area contributed by atoms with Crippen LogP contribution in [0.15, 0.2) is 78.0 Å².